The van der Waals surface area contributed by atoms with Crippen molar-refractivity contribution >= 4 is 27.8 Å². The van der Waals surface area contributed by atoms with E-state index in [1.807, 2.05) is 19.1 Å². The Morgan fingerprint density at radius 1 is 1.29 bits per heavy atom. The minimum absolute atomic E-state index is 0.146. The quantitative estimate of drug-likeness (QED) is 0.890. The van der Waals surface area contributed by atoms with Crippen LogP contribution in [0.1, 0.15) is 32.0 Å². The van der Waals surface area contributed by atoms with Gasteiger partial charge in [-0.15, -0.1) is 0 Å². The van der Waals surface area contributed by atoms with Crippen LogP contribution in [0.4, 0.5) is 0 Å². The summed E-state index contributed by atoms with van der Waals surface area (Å²) in [5, 5.41) is 11.6. The highest BCUT2D eigenvalue weighted by atomic mass is 79.9. The van der Waals surface area contributed by atoms with Gasteiger partial charge in [-0.2, -0.15) is 0 Å². The van der Waals surface area contributed by atoms with Gasteiger partial charge in [0.1, 0.15) is 0 Å². The molecule has 0 aliphatic rings. The first-order valence-electron chi connectivity index (χ1n) is 6.20. The monoisotopic (exact) mass is 348 g/mol. The van der Waals surface area contributed by atoms with Crippen LogP contribution in [0.2, 0.25) is 0 Å². The molecule has 0 aliphatic heterocycles. The summed E-state index contributed by atoms with van der Waals surface area (Å²) < 4.78 is 0.823. The van der Waals surface area contributed by atoms with Gasteiger partial charge in [0.25, 0.3) is 5.91 Å². The van der Waals surface area contributed by atoms with E-state index in [9.17, 15) is 9.59 Å². The van der Waals surface area contributed by atoms with E-state index in [0.717, 1.165) is 10.0 Å². The number of rotatable bonds is 4. The Morgan fingerprint density at radius 3 is 2.76 bits per heavy atom. The molecule has 1 heterocycles. The van der Waals surface area contributed by atoms with Crippen LogP contribution < -0.4 is 5.32 Å². The number of pyridine rings is 1. The van der Waals surface area contributed by atoms with Gasteiger partial charge in [0.15, 0.2) is 0 Å². The zero-order chi connectivity index (χ0) is 15.4. The lowest BCUT2D eigenvalue weighted by atomic mass is 10.1. The summed E-state index contributed by atoms with van der Waals surface area (Å²) in [4.78, 5) is 27.0. The third-order valence-electron chi connectivity index (χ3n) is 2.94. The Kier molecular flexibility index (Phi) is 4.70. The predicted molar refractivity (Wildman–Crippen MR) is 81.2 cm³/mol. The van der Waals surface area contributed by atoms with Gasteiger partial charge >= 0.3 is 5.97 Å². The number of aromatic carboxylic acids is 1. The number of nitrogens with zero attached hydrogens (tertiary/aromatic N) is 1. The van der Waals surface area contributed by atoms with Gasteiger partial charge in [-0.25, -0.2) is 4.79 Å². The van der Waals surface area contributed by atoms with Crippen LogP contribution >= 0.6 is 15.9 Å². The van der Waals surface area contributed by atoms with E-state index in [1.54, 1.807) is 6.07 Å². The predicted octanol–water partition coefficient (Wildman–Crippen LogP) is 2.78. The standard InChI is InChI=1S/C15H13BrN2O3/c1-9-2-3-11(16)7-13(9)14(19)18-8-12-6-10(15(20)21)4-5-17-12/h2-7H,8H2,1H3,(H,18,19)(H,20,21). The summed E-state index contributed by atoms with van der Waals surface area (Å²) in [6.45, 7) is 2.02. The summed E-state index contributed by atoms with van der Waals surface area (Å²) in [5.74, 6) is -1.25. The number of halogens is 1. The largest absolute Gasteiger partial charge is 0.478 e. The Bertz CT molecular complexity index is 701. The molecule has 0 bridgehead atoms. The number of carbonyl (C=O) groups excluding carboxylic acids is 1. The van der Waals surface area contributed by atoms with Crippen molar-refractivity contribution in [3.8, 4) is 0 Å². The number of carboxylic acid groups (broad SMARTS) is 1. The number of hydrogen-bond acceptors (Lipinski definition) is 3. The van der Waals surface area contributed by atoms with Gasteiger partial charge in [0.05, 0.1) is 17.8 Å². The SMILES string of the molecule is Cc1ccc(Br)cc1C(=O)NCc1cc(C(=O)O)ccn1. The van der Waals surface area contributed by atoms with Crippen molar-refractivity contribution < 1.29 is 14.7 Å². The number of carbonyl (C=O) groups is 2. The van der Waals surface area contributed by atoms with Gasteiger partial charge < -0.3 is 10.4 Å². The number of aromatic nitrogens is 1. The van der Waals surface area contributed by atoms with Crippen molar-refractivity contribution in [2.24, 2.45) is 0 Å². The number of nitrogens with one attached hydrogen (secondary N) is 1. The van der Waals surface area contributed by atoms with E-state index in [4.69, 9.17) is 5.11 Å². The molecule has 108 valence electrons. The van der Waals surface area contributed by atoms with E-state index in [-0.39, 0.29) is 18.0 Å². The van der Waals surface area contributed by atoms with E-state index in [1.165, 1.54) is 18.3 Å². The lowest BCUT2D eigenvalue weighted by Crippen LogP contribution is -2.24. The van der Waals surface area contributed by atoms with Crippen molar-refractivity contribution in [3.05, 3.63) is 63.4 Å². The van der Waals surface area contributed by atoms with Crippen LogP contribution in [-0.4, -0.2) is 22.0 Å². The molecule has 0 saturated heterocycles. The fourth-order valence-electron chi connectivity index (χ4n) is 1.81. The number of aryl methyl sites for hydroxylation is 1. The molecular formula is C15H13BrN2O3. The van der Waals surface area contributed by atoms with E-state index >= 15 is 0 Å². The molecule has 0 spiro atoms. The van der Waals surface area contributed by atoms with Crippen LogP contribution in [0.3, 0.4) is 0 Å². The highest BCUT2D eigenvalue weighted by Crippen LogP contribution is 2.16. The first kappa shape index (κ1) is 15.2. The van der Waals surface area contributed by atoms with E-state index in [2.05, 4.69) is 26.2 Å². The van der Waals surface area contributed by atoms with E-state index in [0.29, 0.717) is 11.3 Å². The number of hydrogen-bond donors (Lipinski definition) is 2. The maximum atomic E-state index is 12.1. The second-order valence-electron chi connectivity index (χ2n) is 4.48. The Hall–Kier alpha value is -2.21. The number of amides is 1. The summed E-state index contributed by atoms with van der Waals surface area (Å²) in [6, 6.07) is 8.31. The Labute approximate surface area is 130 Å². The highest BCUT2D eigenvalue weighted by Gasteiger charge is 2.10. The van der Waals surface area contributed by atoms with Crippen LogP contribution in [0.25, 0.3) is 0 Å². The van der Waals surface area contributed by atoms with Crippen LogP contribution in [0.15, 0.2) is 41.0 Å². The maximum Gasteiger partial charge on any atom is 0.335 e. The molecule has 1 aromatic heterocycles. The molecule has 0 saturated carbocycles. The zero-order valence-electron chi connectivity index (χ0n) is 11.3. The van der Waals surface area contributed by atoms with E-state index < -0.39 is 5.97 Å². The fraction of sp³-hybridized carbons (Fsp3) is 0.133. The number of carboxylic acids is 1. The average molecular weight is 349 g/mol. The molecule has 0 radical (unpaired) electrons. The maximum absolute atomic E-state index is 12.1. The molecule has 21 heavy (non-hydrogen) atoms. The average Bonchev–Trinajstić information content (AvgIpc) is 2.47. The molecule has 0 aliphatic carbocycles. The molecule has 0 unspecified atom stereocenters. The summed E-state index contributed by atoms with van der Waals surface area (Å²) in [5.41, 5.74) is 2.07. The molecule has 1 amide bonds. The number of benzene rings is 1. The molecule has 0 fully saturated rings. The third-order valence-corrected chi connectivity index (χ3v) is 3.43. The van der Waals surface area contributed by atoms with Crippen LogP contribution in [0.5, 0.6) is 0 Å². The normalized spacial score (nSPS) is 10.2. The van der Waals surface area contributed by atoms with Crippen molar-refractivity contribution in [2.75, 3.05) is 0 Å². The Morgan fingerprint density at radius 2 is 2.05 bits per heavy atom. The second kappa shape index (κ2) is 6.49. The zero-order valence-corrected chi connectivity index (χ0v) is 12.8. The van der Waals surface area contributed by atoms with Gasteiger partial charge in [-0.05, 0) is 36.8 Å². The van der Waals surface area contributed by atoms with Gasteiger partial charge in [0.2, 0.25) is 0 Å². The molecule has 2 aromatic rings. The lowest BCUT2D eigenvalue weighted by molar-refractivity contribution is 0.0696. The molecule has 6 heteroatoms. The van der Waals surface area contributed by atoms with Gasteiger partial charge in [-0.1, -0.05) is 22.0 Å². The molecule has 0 atom stereocenters. The second-order valence-corrected chi connectivity index (χ2v) is 5.40. The fourth-order valence-corrected chi connectivity index (χ4v) is 2.17. The van der Waals surface area contributed by atoms with Gasteiger partial charge in [-0.3, -0.25) is 9.78 Å². The molecule has 2 N–H and O–H groups in total. The van der Waals surface area contributed by atoms with Crippen LogP contribution in [0, 0.1) is 6.92 Å². The topological polar surface area (TPSA) is 79.3 Å². The Balaban J connectivity index is 2.09. The molecular weight excluding hydrogens is 336 g/mol. The minimum Gasteiger partial charge on any atom is -0.478 e. The summed E-state index contributed by atoms with van der Waals surface area (Å²) in [6.07, 6.45) is 1.41. The molecule has 5 nitrogen and oxygen atoms in total. The lowest BCUT2D eigenvalue weighted by Gasteiger charge is -2.08. The smallest absolute Gasteiger partial charge is 0.335 e. The first-order chi connectivity index (χ1) is 9.97. The minimum atomic E-state index is -1.02. The molecule has 2 rings (SSSR count). The van der Waals surface area contributed by atoms with Crippen LogP contribution in [-0.2, 0) is 6.54 Å². The van der Waals surface area contributed by atoms with Crippen molar-refractivity contribution in [3.63, 3.8) is 0 Å². The summed E-state index contributed by atoms with van der Waals surface area (Å²) >= 11 is 3.33. The van der Waals surface area contributed by atoms with Crippen molar-refractivity contribution in [2.45, 2.75) is 13.5 Å². The highest BCUT2D eigenvalue weighted by molar-refractivity contribution is 9.10. The first-order valence-corrected chi connectivity index (χ1v) is 6.99. The van der Waals surface area contributed by atoms with Gasteiger partial charge in [0, 0.05) is 16.2 Å². The third kappa shape index (κ3) is 3.88. The van der Waals surface area contributed by atoms with Crippen molar-refractivity contribution in [1.82, 2.24) is 10.3 Å². The summed E-state index contributed by atoms with van der Waals surface area (Å²) in [7, 11) is 0. The van der Waals surface area contributed by atoms with Crippen molar-refractivity contribution in [1.29, 1.82) is 0 Å². The molecule has 1 aromatic carbocycles.